The van der Waals surface area contributed by atoms with Gasteiger partial charge in [0.15, 0.2) is 5.65 Å². The van der Waals surface area contributed by atoms with Gasteiger partial charge in [-0.05, 0) is 24.3 Å². The van der Waals surface area contributed by atoms with Gasteiger partial charge in [-0.15, -0.1) is 15.3 Å². The SMILES string of the molecule is COc1cc(OC)cc(C(=O)N2CC3CN(c4ccc5nncn5n4)CC3C2)c1. The van der Waals surface area contributed by atoms with E-state index in [4.69, 9.17) is 9.47 Å². The Hall–Kier alpha value is -3.36. The van der Waals surface area contributed by atoms with Crippen molar-refractivity contribution in [3.8, 4) is 11.5 Å². The van der Waals surface area contributed by atoms with Crippen LogP contribution in [0.15, 0.2) is 36.7 Å². The summed E-state index contributed by atoms with van der Waals surface area (Å²) >= 11 is 0. The van der Waals surface area contributed by atoms with Crippen molar-refractivity contribution in [2.45, 2.75) is 0 Å². The van der Waals surface area contributed by atoms with Gasteiger partial charge in [-0.3, -0.25) is 4.79 Å². The molecule has 1 aromatic carbocycles. The molecular formula is C20H22N6O3. The molecule has 0 N–H and O–H groups in total. The first kappa shape index (κ1) is 17.7. The van der Waals surface area contributed by atoms with E-state index >= 15 is 0 Å². The van der Waals surface area contributed by atoms with Gasteiger partial charge in [0.2, 0.25) is 0 Å². The number of hydrogen-bond donors (Lipinski definition) is 0. The second-order valence-corrected chi connectivity index (χ2v) is 7.56. The molecule has 2 aliphatic heterocycles. The fourth-order valence-electron chi connectivity index (χ4n) is 4.35. The van der Waals surface area contributed by atoms with Gasteiger partial charge in [0, 0.05) is 49.6 Å². The molecule has 5 rings (SSSR count). The van der Waals surface area contributed by atoms with Crippen molar-refractivity contribution in [1.82, 2.24) is 24.7 Å². The Morgan fingerprint density at radius 2 is 1.69 bits per heavy atom. The molecule has 0 aliphatic carbocycles. The maximum Gasteiger partial charge on any atom is 0.254 e. The Bertz CT molecular complexity index is 1030. The van der Waals surface area contributed by atoms with E-state index in [1.54, 1.807) is 43.3 Å². The van der Waals surface area contributed by atoms with Crippen LogP contribution in [0.5, 0.6) is 11.5 Å². The number of likely N-dealkylation sites (tertiary alicyclic amines) is 1. The third kappa shape index (κ3) is 3.12. The molecule has 4 heterocycles. The van der Waals surface area contributed by atoms with Crippen molar-refractivity contribution in [2.24, 2.45) is 11.8 Å². The third-order valence-electron chi connectivity index (χ3n) is 5.84. The van der Waals surface area contributed by atoms with E-state index in [-0.39, 0.29) is 5.91 Å². The predicted octanol–water partition coefficient (Wildman–Crippen LogP) is 1.35. The number of amides is 1. The summed E-state index contributed by atoms with van der Waals surface area (Å²) < 4.78 is 12.3. The second-order valence-electron chi connectivity index (χ2n) is 7.56. The largest absolute Gasteiger partial charge is 0.497 e. The van der Waals surface area contributed by atoms with Crippen molar-refractivity contribution in [2.75, 3.05) is 45.3 Å². The first-order chi connectivity index (χ1) is 14.1. The van der Waals surface area contributed by atoms with E-state index in [2.05, 4.69) is 20.2 Å². The molecule has 9 nitrogen and oxygen atoms in total. The first-order valence-corrected chi connectivity index (χ1v) is 9.59. The number of nitrogens with zero attached hydrogens (tertiary/aromatic N) is 6. The number of anilines is 1. The number of ether oxygens (including phenoxy) is 2. The minimum atomic E-state index is 0.0205. The van der Waals surface area contributed by atoms with Crippen LogP contribution in [0.3, 0.4) is 0 Å². The van der Waals surface area contributed by atoms with E-state index in [0.29, 0.717) is 28.9 Å². The lowest BCUT2D eigenvalue weighted by Crippen LogP contribution is -2.33. The summed E-state index contributed by atoms with van der Waals surface area (Å²) in [5.74, 6) is 3.05. The Morgan fingerprint density at radius 1 is 1.00 bits per heavy atom. The maximum atomic E-state index is 13.1. The van der Waals surface area contributed by atoms with E-state index in [0.717, 1.165) is 37.6 Å². The number of carbonyl (C=O) groups excluding carboxylic acids is 1. The van der Waals surface area contributed by atoms with Crippen LogP contribution in [-0.4, -0.2) is 71.0 Å². The normalized spacial score (nSPS) is 20.9. The van der Waals surface area contributed by atoms with Crippen LogP contribution in [0, 0.1) is 11.8 Å². The Morgan fingerprint density at radius 3 is 2.34 bits per heavy atom. The van der Waals surface area contributed by atoms with Crippen LogP contribution in [0.2, 0.25) is 0 Å². The van der Waals surface area contributed by atoms with Crippen molar-refractivity contribution in [3.63, 3.8) is 0 Å². The average Bonchev–Trinajstić information content (AvgIpc) is 3.46. The summed E-state index contributed by atoms with van der Waals surface area (Å²) in [5, 5.41) is 12.5. The lowest BCUT2D eigenvalue weighted by atomic mass is 10.0. The van der Waals surface area contributed by atoms with Crippen molar-refractivity contribution >= 4 is 17.4 Å². The molecule has 2 aliphatic rings. The van der Waals surface area contributed by atoms with Crippen LogP contribution < -0.4 is 14.4 Å². The molecule has 9 heteroatoms. The van der Waals surface area contributed by atoms with E-state index in [1.807, 2.05) is 17.0 Å². The molecule has 0 saturated carbocycles. The van der Waals surface area contributed by atoms with Gasteiger partial charge in [-0.25, -0.2) is 0 Å². The van der Waals surface area contributed by atoms with Crippen molar-refractivity contribution < 1.29 is 14.3 Å². The minimum Gasteiger partial charge on any atom is -0.497 e. The van der Waals surface area contributed by atoms with Gasteiger partial charge in [0.1, 0.15) is 23.6 Å². The summed E-state index contributed by atoms with van der Waals surface area (Å²) in [4.78, 5) is 17.3. The fourth-order valence-corrected chi connectivity index (χ4v) is 4.35. The molecule has 2 atom stereocenters. The van der Waals surface area contributed by atoms with Gasteiger partial charge in [0.25, 0.3) is 5.91 Å². The number of benzene rings is 1. The smallest absolute Gasteiger partial charge is 0.254 e. The molecule has 2 unspecified atom stereocenters. The van der Waals surface area contributed by atoms with E-state index in [9.17, 15) is 4.79 Å². The molecule has 0 spiro atoms. The number of methoxy groups -OCH3 is 2. The number of aromatic nitrogens is 4. The summed E-state index contributed by atoms with van der Waals surface area (Å²) in [6, 6.07) is 9.21. The van der Waals surface area contributed by atoms with Gasteiger partial charge < -0.3 is 19.3 Å². The monoisotopic (exact) mass is 394 g/mol. The zero-order chi connectivity index (χ0) is 20.0. The van der Waals surface area contributed by atoms with Crippen LogP contribution in [-0.2, 0) is 0 Å². The lowest BCUT2D eigenvalue weighted by Gasteiger charge is -2.22. The molecule has 2 saturated heterocycles. The van der Waals surface area contributed by atoms with Crippen molar-refractivity contribution in [3.05, 3.63) is 42.2 Å². The predicted molar refractivity (Wildman–Crippen MR) is 105 cm³/mol. The molecule has 150 valence electrons. The Labute approximate surface area is 167 Å². The molecule has 1 amide bonds. The first-order valence-electron chi connectivity index (χ1n) is 9.59. The maximum absolute atomic E-state index is 13.1. The highest BCUT2D eigenvalue weighted by Gasteiger charge is 2.42. The molecule has 0 bridgehead atoms. The zero-order valence-electron chi connectivity index (χ0n) is 16.4. The summed E-state index contributed by atoms with van der Waals surface area (Å²) in [5.41, 5.74) is 1.33. The van der Waals surface area contributed by atoms with Crippen molar-refractivity contribution in [1.29, 1.82) is 0 Å². The number of carbonyl (C=O) groups is 1. The van der Waals surface area contributed by atoms with Crippen LogP contribution in [0.25, 0.3) is 5.65 Å². The highest BCUT2D eigenvalue weighted by atomic mass is 16.5. The highest BCUT2D eigenvalue weighted by Crippen LogP contribution is 2.34. The molecule has 2 fully saturated rings. The minimum absolute atomic E-state index is 0.0205. The second kappa shape index (κ2) is 6.91. The standard InChI is InChI=1S/C20H22N6O3/c1-28-16-5-13(6-17(7-16)29-2)20(27)25-10-14-8-24(9-15(14)11-25)19-4-3-18-22-21-12-26(18)23-19/h3-7,12,14-15H,8-11H2,1-2H3. The molecule has 29 heavy (non-hydrogen) atoms. The zero-order valence-corrected chi connectivity index (χ0v) is 16.4. The van der Waals surface area contributed by atoms with Crippen LogP contribution >= 0.6 is 0 Å². The summed E-state index contributed by atoms with van der Waals surface area (Å²) in [7, 11) is 3.17. The summed E-state index contributed by atoms with van der Waals surface area (Å²) in [6.45, 7) is 3.26. The number of hydrogen-bond acceptors (Lipinski definition) is 7. The molecular weight excluding hydrogens is 372 g/mol. The third-order valence-corrected chi connectivity index (χ3v) is 5.84. The van der Waals surface area contributed by atoms with Gasteiger partial charge in [-0.2, -0.15) is 4.52 Å². The van der Waals surface area contributed by atoms with Crippen LogP contribution in [0.4, 0.5) is 5.82 Å². The van der Waals surface area contributed by atoms with Crippen LogP contribution in [0.1, 0.15) is 10.4 Å². The number of rotatable bonds is 4. The molecule has 0 radical (unpaired) electrons. The molecule has 3 aromatic rings. The van der Waals surface area contributed by atoms with Gasteiger partial charge in [0.05, 0.1) is 14.2 Å². The van der Waals surface area contributed by atoms with E-state index in [1.165, 1.54) is 0 Å². The van der Waals surface area contributed by atoms with Gasteiger partial charge in [-0.1, -0.05) is 0 Å². The fraction of sp³-hybridized carbons (Fsp3) is 0.400. The molecule has 2 aromatic heterocycles. The Kier molecular flexibility index (Phi) is 4.22. The Balaban J connectivity index is 1.29. The van der Waals surface area contributed by atoms with Gasteiger partial charge >= 0.3 is 0 Å². The highest BCUT2D eigenvalue weighted by molar-refractivity contribution is 5.95. The number of fused-ring (bicyclic) bond motifs is 2. The topological polar surface area (TPSA) is 85.1 Å². The lowest BCUT2D eigenvalue weighted by molar-refractivity contribution is 0.0782. The quantitative estimate of drug-likeness (QED) is 0.660. The van der Waals surface area contributed by atoms with E-state index < -0.39 is 0 Å². The summed E-state index contributed by atoms with van der Waals surface area (Å²) in [6.07, 6.45) is 1.61. The average molecular weight is 394 g/mol.